The molecule has 0 saturated heterocycles. The van der Waals surface area contributed by atoms with Crippen molar-refractivity contribution in [2.24, 2.45) is 0 Å². The van der Waals surface area contributed by atoms with Gasteiger partial charge in [0.1, 0.15) is 34.8 Å². The minimum absolute atomic E-state index is 0.167. The molecule has 36 heavy (non-hydrogen) atoms. The molecule has 5 aromatic rings. The van der Waals surface area contributed by atoms with Crippen LogP contribution in [0.15, 0.2) is 52.4 Å². The zero-order valence-corrected chi connectivity index (χ0v) is 21.9. The van der Waals surface area contributed by atoms with Gasteiger partial charge in [-0.15, -0.1) is 11.3 Å². The largest absolute Gasteiger partial charge is 0.587 e. The molecule has 4 heterocycles. The first-order valence-corrected chi connectivity index (χ1v) is 14.4. The van der Waals surface area contributed by atoms with E-state index in [4.69, 9.17) is 5.73 Å². The standard InChI is InChI=1S/C25H23FN6OS3/c1-14-30-20(12-34-14)21-8-9-22(35-21)36(33)31-19-7-6-15(10-18(19)26)17-11-32(16-4-2-3-5-16)25-23(17)24(27)28-13-29-25/h6-13,16,31H,2-5H2,1H3,(H2,27,28,29). The SMILES string of the molecule is Cc1nc(-c2ccc([S+]([O-])Nc3ccc(-c4cn(C5CCCC5)c5ncnc(N)c45)cc3F)s2)cs1. The fourth-order valence-corrected chi connectivity index (χ4v) is 7.48. The van der Waals surface area contributed by atoms with Crippen LogP contribution in [0.3, 0.4) is 0 Å². The number of fused-ring (bicyclic) bond motifs is 1. The molecule has 1 fully saturated rings. The zero-order chi connectivity index (χ0) is 24.8. The number of rotatable bonds is 6. The van der Waals surface area contributed by atoms with Gasteiger partial charge >= 0.3 is 0 Å². The normalized spacial score (nSPS) is 15.1. The van der Waals surface area contributed by atoms with E-state index < -0.39 is 17.2 Å². The number of aryl methyl sites for hydroxylation is 1. The van der Waals surface area contributed by atoms with Gasteiger partial charge in [0.2, 0.25) is 4.21 Å². The highest BCUT2D eigenvalue weighted by Crippen LogP contribution is 2.39. The highest BCUT2D eigenvalue weighted by molar-refractivity contribution is 7.94. The van der Waals surface area contributed by atoms with Crippen molar-refractivity contribution in [2.45, 2.75) is 42.9 Å². The third-order valence-electron chi connectivity index (χ3n) is 6.48. The van der Waals surface area contributed by atoms with Crippen molar-refractivity contribution < 1.29 is 8.94 Å². The summed E-state index contributed by atoms with van der Waals surface area (Å²) in [5.41, 5.74) is 9.51. The molecule has 0 radical (unpaired) electrons. The Bertz CT molecular complexity index is 1550. The van der Waals surface area contributed by atoms with E-state index in [9.17, 15) is 4.55 Å². The van der Waals surface area contributed by atoms with Crippen molar-refractivity contribution in [1.29, 1.82) is 0 Å². The lowest BCUT2D eigenvalue weighted by Crippen LogP contribution is -2.12. The molecule has 1 aliphatic carbocycles. The molecule has 3 N–H and O–H groups in total. The molecule has 11 heteroatoms. The first-order valence-electron chi connectivity index (χ1n) is 11.6. The number of thiazole rings is 1. The van der Waals surface area contributed by atoms with Gasteiger partial charge in [-0.25, -0.2) is 19.3 Å². The highest BCUT2D eigenvalue weighted by Gasteiger charge is 2.24. The fourth-order valence-electron chi connectivity index (χ4n) is 4.74. The smallest absolute Gasteiger partial charge is 0.234 e. The topological polar surface area (TPSA) is 105 Å². The van der Waals surface area contributed by atoms with Gasteiger partial charge in [-0.3, -0.25) is 0 Å². The Morgan fingerprint density at radius 1 is 1.19 bits per heavy atom. The summed E-state index contributed by atoms with van der Waals surface area (Å²) in [4.78, 5) is 14.1. The lowest BCUT2D eigenvalue weighted by Gasteiger charge is -2.12. The van der Waals surface area contributed by atoms with Crippen LogP contribution in [0.4, 0.5) is 15.9 Å². The summed E-state index contributed by atoms with van der Waals surface area (Å²) < 4.78 is 33.7. The molecular formula is C25H23FN6OS3. The average Bonchev–Trinajstić information content (AvgIpc) is 3.66. The Morgan fingerprint density at radius 3 is 2.78 bits per heavy atom. The quantitative estimate of drug-likeness (QED) is 0.237. The maximum atomic E-state index is 15.2. The van der Waals surface area contributed by atoms with Gasteiger partial charge in [0.25, 0.3) is 0 Å². The van der Waals surface area contributed by atoms with Crippen molar-refractivity contribution in [3.63, 3.8) is 0 Å². The molecular weight excluding hydrogens is 516 g/mol. The molecule has 0 aliphatic heterocycles. The van der Waals surface area contributed by atoms with E-state index in [1.165, 1.54) is 36.6 Å². The number of hydrogen-bond acceptors (Lipinski definition) is 8. The van der Waals surface area contributed by atoms with Crippen LogP contribution in [0.25, 0.3) is 32.7 Å². The van der Waals surface area contributed by atoms with Crippen LogP contribution in [-0.2, 0) is 11.4 Å². The Morgan fingerprint density at radius 2 is 2.03 bits per heavy atom. The van der Waals surface area contributed by atoms with Gasteiger partial charge in [-0.2, -0.15) is 4.72 Å². The number of nitrogens with zero attached hydrogens (tertiary/aromatic N) is 4. The van der Waals surface area contributed by atoms with Crippen LogP contribution < -0.4 is 10.5 Å². The second-order valence-corrected chi connectivity index (χ2v) is 12.4. The molecule has 0 amide bonds. The van der Waals surface area contributed by atoms with Crippen LogP contribution in [0.2, 0.25) is 0 Å². The Hall–Kier alpha value is -2.99. The Labute approximate surface area is 218 Å². The molecule has 1 aromatic carbocycles. The summed E-state index contributed by atoms with van der Waals surface area (Å²) in [6.45, 7) is 1.95. The molecule has 184 valence electrons. The summed E-state index contributed by atoms with van der Waals surface area (Å²) >= 11 is 1.34. The van der Waals surface area contributed by atoms with Gasteiger partial charge in [-0.05, 0) is 43.5 Å². The molecule has 1 aliphatic rings. The summed E-state index contributed by atoms with van der Waals surface area (Å²) in [6, 6.07) is 8.88. The lowest BCUT2D eigenvalue weighted by atomic mass is 10.1. The number of halogens is 1. The summed E-state index contributed by atoms with van der Waals surface area (Å²) in [5, 5.41) is 3.68. The minimum Gasteiger partial charge on any atom is -0.587 e. The van der Waals surface area contributed by atoms with Crippen LogP contribution in [0.5, 0.6) is 0 Å². The molecule has 1 saturated carbocycles. The Balaban J connectivity index is 1.28. The molecule has 0 spiro atoms. The number of hydrogen-bond donors (Lipinski definition) is 2. The van der Waals surface area contributed by atoms with Crippen molar-refractivity contribution in [3.05, 3.63) is 59.1 Å². The van der Waals surface area contributed by atoms with Gasteiger partial charge < -0.3 is 14.9 Å². The number of anilines is 2. The maximum Gasteiger partial charge on any atom is 0.234 e. The van der Waals surface area contributed by atoms with Crippen LogP contribution >= 0.6 is 22.7 Å². The van der Waals surface area contributed by atoms with E-state index in [0.29, 0.717) is 21.6 Å². The van der Waals surface area contributed by atoms with E-state index in [1.807, 2.05) is 24.6 Å². The molecule has 7 nitrogen and oxygen atoms in total. The third-order valence-corrected chi connectivity index (χ3v) is 9.76. The van der Waals surface area contributed by atoms with E-state index in [1.54, 1.807) is 29.5 Å². The van der Waals surface area contributed by atoms with Crippen LogP contribution in [-0.4, -0.2) is 24.1 Å². The van der Waals surface area contributed by atoms with Crippen molar-refractivity contribution in [1.82, 2.24) is 19.5 Å². The monoisotopic (exact) mass is 538 g/mol. The summed E-state index contributed by atoms with van der Waals surface area (Å²) in [7, 11) is 0. The number of nitrogens with two attached hydrogens (primary N) is 1. The number of benzene rings is 1. The average molecular weight is 539 g/mol. The first-order chi connectivity index (χ1) is 17.5. The number of nitrogen functional groups attached to an aromatic ring is 1. The van der Waals surface area contributed by atoms with Gasteiger partial charge in [0.05, 0.1) is 21.0 Å². The highest BCUT2D eigenvalue weighted by atomic mass is 32.2. The predicted molar refractivity (Wildman–Crippen MR) is 145 cm³/mol. The van der Waals surface area contributed by atoms with Crippen molar-refractivity contribution in [3.8, 4) is 21.7 Å². The summed E-state index contributed by atoms with van der Waals surface area (Å²) in [5.74, 6) is -0.121. The zero-order valence-electron chi connectivity index (χ0n) is 19.4. The van der Waals surface area contributed by atoms with Gasteiger partial charge in [-0.1, -0.05) is 30.2 Å². The van der Waals surface area contributed by atoms with Crippen LogP contribution in [0, 0.1) is 12.7 Å². The van der Waals surface area contributed by atoms with E-state index in [-0.39, 0.29) is 5.69 Å². The Kier molecular flexibility index (Phi) is 6.16. The fraction of sp³-hybridized carbons (Fsp3) is 0.240. The molecule has 1 unspecified atom stereocenters. The molecule has 1 atom stereocenters. The predicted octanol–water partition coefficient (Wildman–Crippen LogP) is 6.56. The molecule has 0 bridgehead atoms. The second kappa shape index (κ2) is 9.47. The summed E-state index contributed by atoms with van der Waals surface area (Å²) in [6.07, 6.45) is 8.02. The van der Waals surface area contributed by atoms with E-state index in [2.05, 4.69) is 24.2 Å². The molecule has 6 rings (SSSR count). The number of nitrogens with one attached hydrogen (secondary N) is 1. The second-order valence-electron chi connectivity index (χ2n) is 8.78. The third kappa shape index (κ3) is 4.26. The number of thiophene rings is 1. The van der Waals surface area contributed by atoms with Gasteiger partial charge in [0, 0.05) is 29.2 Å². The van der Waals surface area contributed by atoms with E-state index >= 15 is 4.39 Å². The van der Waals surface area contributed by atoms with Gasteiger partial charge in [0.15, 0.2) is 5.82 Å². The first kappa shape index (κ1) is 23.4. The minimum atomic E-state index is -1.61. The maximum absolute atomic E-state index is 15.2. The van der Waals surface area contributed by atoms with Crippen LogP contribution in [0.1, 0.15) is 36.7 Å². The molecule has 4 aromatic heterocycles. The number of aromatic nitrogens is 4. The van der Waals surface area contributed by atoms with Crippen molar-refractivity contribution >= 4 is 56.6 Å². The van der Waals surface area contributed by atoms with Crippen molar-refractivity contribution in [2.75, 3.05) is 10.5 Å². The van der Waals surface area contributed by atoms with E-state index in [0.717, 1.165) is 45.0 Å². The lowest BCUT2D eigenvalue weighted by molar-refractivity contribution is 0.532.